The van der Waals surface area contributed by atoms with E-state index in [0.29, 0.717) is 11.3 Å². The molecular weight excluding hydrogens is 208 g/mol. The first-order valence-electron chi connectivity index (χ1n) is 4.63. The van der Waals surface area contributed by atoms with Crippen molar-refractivity contribution in [1.29, 1.82) is 0 Å². The van der Waals surface area contributed by atoms with Gasteiger partial charge in [-0.15, -0.1) is 0 Å². The topological polar surface area (TPSA) is 75.2 Å². The molecule has 0 saturated carbocycles. The average molecular weight is 218 g/mol. The zero-order chi connectivity index (χ0) is 11.5. The predicted octanol–water partition coefficient (Wildman–Crippen LogP) is 1.78. The van der Waals surface area contributed by atoms with E-state index in [1.807, 2.05) is 0 Å². The first-order chi connectivity index (χ1) is 7.72. The second-order valence-corrected chi connectivity index (χ2v) is 3.20. The van der Waals surface area contributed by atoms with Crippen LogP contribution in [0.4, 0.5) is 0 Å². The molecule has 1 heterocycles. The lowest BCUT2D eigenvalue weighted by molar-refractivity contribution is 0.0691. The van der Waals surface area contributed by atoms with Crippen LogP contribution in [-0.2, 0) is 0 Å². The van der Waals surface area contributed by atoms with Crippen LogP contribution >= 0.6 is 0 Å². The van der Waals surface area contributed by atoms with E-state index in [0.717, 1.165) is 5.56 Å². The Hall–Kier alpha value is -2.30. The maximum Gasteiger partial charge on any atom is 0.354 e. The molecule has 0 radical (unpaired) electrons. The fourth-order valence-electron chi connectivity index (χ4n) is 1.46. The number of aromatic nitrogens is 2. The summed E-state index contributed by atoms with van der Waals surface area (Å²) in [6.45, 7) is 0. The Kier molecular flexibility index (Phi) is 2.59. The van der Waals surface area contributed by atoms with E-state index < -0.39 is 5.97 Å². The highest BCUT2D eigenvalue weighted by molar-refractivity contribution is 5.93. The van der Waals surface area contributed by atoms with Crippen LogP contribution in [0.2, 0.25) is 0 Å². The quantitative estimate of drug-likeness (QED) is 0.823. The van der Waals surface area contributed by atoms with Gasteiger partial charge in [-0.25, -0.2) is 4.79 Å². The summed E-state index contributed by atoms with van der Waals surface area (Å²) < 4.78 is 5.08. The number of hydrogen-bond donors (Lipinski definition) is 2. The Morgan fingerprint density at radius 2 is 2.31 bits per heavy atom. The number of ether oxygens (including phenoxy) is 1. The Balaban J connectivity index is 2.50. The number of methoxy groups -OCH3 is 1. The van der Waals surface area contributed by atoms with Crippen LogP contribution in [0.3, 0.4) is 0 Å². The molecule has 0 aliphatic carbocycles. The molecule has 2 rings (SSSR count). The van der Waals surface area contributed by atoms with Crippen LogP contribution in [0.1, 0.15) is 10.5 Å². The van der Waals surface area contributed by atoms with Crippen molar-refractivity contribution >= 4 is 5.97 Å². The third kappa shape index (κ3) is 1.75. The van der Waals surface area contributed by atoms with Gasteiger partial charge in [0.1, 0.15) is 5.75 Å². The predicted molar refractivity (Wildman–Crippen MR) is 57.5 cm³/mol. The molecule has 0 amide bonds. The number of carboxylic acids is 1. The molecule has 16 heavy (non-hydrogen) atoms. The summed E-state index contributed by atoms with van der Waals surface area (Å²) >= 11 is 0. The molecule has 0 saturated heterocycles. The highest BCUT2D eigenvalue weighted by Crippen LogP contribution is 2.25. The van der Waals surface area contributed by atoms with Crippen molar-refractivity contribution in [2.45, 2.75) is 0 Å². The van der Waals surface area contributed by atoms with Crippen molar-refractivity contribution in [3.63, 3.8) is 0 Å². The van der Waals surface area contributed by atoms with Gasteiger partial charge in [0.15, 0.2) is 5.69 Å². The van der Waals surface area contributed by atoms with E-state index in [-0.39, 0.29) is 5.69 Å². The first kappa shape index (κ1) is 10.2. The number of nitrogens with one attached hydrogen (secondary N) is 1. The lowest BCUT2D eigenvalue weighted by atomic mass is 10.1. The van der Waals surface area contributed by atoms with Crippen molar-refractivity contribution in [2.75, 3.05) is 7.11 Å². The van der Waals surface area contributed by atoms with E-state index in [2.05, 4.69) is 10.2 Å². The number of carbonyl (C=O) groups is 1. The number of carboxylic acid groups (broad SMARTS) is 1. The summed E-state index contributed by atoms with van der Waals surface area (Å²) in [5.74, 6) is -0.356. The number of nitrogens with zero attached hydrogens (tertiary/aromatic N) is 1. The molecule has 5 nitrogen and oxygen atoms in total. The van der Waals surface area contributed by atoms with Crippen molar-refractivity contribution in [3.05, 3.63) is 36.2 Å². The van der Waals surface area contributed by atoms with Gasteiger partial charge in [-0.1, -0.05) is 12.1 Å². The van der Waals surface area contributed by atoms with Gasteiger partial charge in [-0.3, -0.25) is 5.10 Å². The van der Waals surface area contributed by atoms with E-state index in [9.17, 15) is 4.79 Å². The van der Waals surface area contributed by atoms with Gasteiger partial charge >= 0.3 is 5.97 Å². The SMILES string of the molecule is COc1cccc(-c2cn[nH]c2C(=O)O)c1. The minimum absolute atomic E-state index is 0.0771. The molecular formula is C11H10N2O3. The van der Waals surface area contributed by atoms with Crippen molar-refractivity contribution in [3.8, 4) is 16.9 Å². The normalized spacial score (nSPS) is 10.1. The van der Waals surface area contributed by atoms with Gasteiger partial charge in [0.25, 0.3) is 0 Å². The van der Waals surface area contributed by atoms with Crippen LogP contribution in [-0.4, -0.2) is 28.4 Å². The minimum atomic E-state index is -1.03. The third-order valence-electron chi connectivity index (χ3n) is 2.23. The number of aromatic carboxylic acids is 1. The molecule has 0 bridgehead atoms. The maximum absolute atomic E-state index is 10.9. The molecule has 1 aromatic carbocycles. The molecule has 0 spiro atoms. The van der Waals surface area contributed by atoms with Crippen LogP contribution in [0.25, 0.3) is 11.1 Å². The molecule has 2 aromatic rings. The molecule has 1 aromatic heterocycles. The summed E-state index contributed by atoms with van der Waals surface area (Å²) in [4.78, 5) is 10.9. The molecule has 0 aliphatic rings. The maximum atomic E-state index is 10.9. The summed E-state index contributed by atoms with van der Waals surface area (Å²) in [5, 5.41) is 15.1. The number of aromatic amines is 1. The lowest BCUT2D eigenvalue weighted by Crippen LogP contribution is -1.98. The average Bonchev–Trinajstić information content (AvgIpc) is 2.78. The molecule has 0 aliphatic heterocycles. The number of benzene rings is 1. The van der Waals surface area contributed by atoms with E-state index in [4.69, 9.17) is 9.84 Å². The molecule has 0 unspecified atom stereocenters. The van der Waals surface area contributed by atoms with Gasteiger partial charge in [0.2, 0.25) is 0 Å². The Morgan fingerprint density at radius 3 is 3.00 bits per heavy atom. The fourth-order valence-corrected chi connectivity index (χ4v) is 1.46. The molecule has 2 N–H and O–H groups in total. The Bertz CT molecular complexity index is 519. The second kappa shape index (κ2) is 4.06. The second-order valence-electron chi connectivity index (χ2n) is 3.20. The first-order valence-corrected chi connectivity index (χ1v) is 4.63. The van der Waals surface area contributed by atoms with E-state index in [1.54, 1.807) is 31.4 Å². The molecule has 5 heteroatoms. The van der Waals surface area contributed by atoms with Crippen LogP contribution in [0.15, 0.2) is 30.5 Å². The van der Waals surface area contributed by atoms with Gasteiger partial charge in [-0.2, -0.15) is 5.10 Å². The summed E-state index contributed by atoms with van der Waals surface area (Å²) in [6, 6.07) is 7.16. The van der Waals surface area contributed by atoms with Crippen molar-refractivity contribution in [1.82, 2.24) is 10.2 Å². The van der Waals surface area contributed by atoms with Crippen molar-refractivity contribution in [2.24, 2.45) is 0 Å². The summed E-state index contributed by atoms with van der Waals surface area (Å²) in [6.07, 6.45) is 1.48. The Labute approximate surface area is 91.7 Å². The minimum Gasteiger partial charge on any atom is -0.497 e. The van der Waals surface area contributed by atoms with Crippen LogP contribution in [0, 0.1) is 0 Å². The summed E-state index contributed by atoms with van der Waals surface area (Å²) in [5.41, 5.74) is 1.38. The molecule has 0 fully saturated rings. The number of hydrogen-bond acceptors (Lipinski definition) is 3. The smallest absolute Gasteiger partial charge is 0.354 e. The monoisotopic (exact) mass is 218 g/mol. The highest BCUT2D eigenvalue weighted by atomic mass is 16.5. The Morgan fingerprint density at radius 1 is 1.50 bits per heavy atom. The van der Waals surface area contributed by atoms with Crippen LogP contribution in [0.5, 0.6) is 5.75 Å². The van der Waals surface area contributed by atoms with Gasteiger partial charge < -0.3 is 9.84 Å². The lowest BCUT2D eigenvalue weighted by Gasteiger charge is -2.03. The zero-order valence-corrected chi connectivity index (χ0v) is 8.60. The van der Waals surface area contributed by atoms with E-state index >= 15 is 0 Å². The molecule has 0 atom stereocenters. The number of rotatable bonds is 3. The standard InChI is InChI=1S/C11H10N2O3/c1-16-8-4-2-3-7(5-8)9-6-12-13-10(9)11(14)15/h2-6H,1H3,(H,12,13)(H,14,15). The fraction of sp³-hybridized carbons (Fsp3) is 0.0909. The van der Waals surface area contributed by atoms with Gasteiger partial charge in [0.05, 0.1) is 13.3 Å². The van der Waals surface area contributed by atoms with Gasteiger partial charge in [0, 0.05) is 5.56 Å². The largest absolute Gasteiger partial charge is 0.497 e. The summed E-state index contributed by atoms with van der Waals surface area (Å²) in [7, 11) is 1.56. The highest BCUT2D eigenvalue weighted by Gasteiger charge is 2.13. The van der Waals surface area contributed by atoms with Crippen LogP contribution < -0.4 is 4.74 Å². The van der Waals surface area contributed by atoms with Crippen molar-refractivity contribution < 1.29 is 14.6 Å². The van der Waals surface area contributed by atoms with E-state index in [1.165, 1.54) is 6.20 Å². The third-order valence-corrected chi connectivity index (χ3v) is 2.23. The van der Waals surface area contributed by atoms with Gasteiger partial charge in [-0.05, 0) is 17.7 Å². The zero-order valence-electron chi connectivity index (χ0n) is 8.60. The number of H-pyrrole nitrogens is 1. The molecule has 82 valence electrons.